The highest BCUT2D eigenvalue weighted by Crippen LogP contribution is 2.15. The molecule has 0 bridgehead atoms. The van der Waals surface area contributed by atoms with E-state index >= 15 is 0 Å². The molecule has 2 N–H and O–H groups in total. The summed E-state index contributed by atoms with van der Waals surface area (Å²) in [7, 11) is 0. The van der Waals surface area contributed by atoms with Crippen molar-refractivity contribution in [3.8, 4) is 0 Å². The maximum atomic E-state index is 9.00. The topological polar surface area (TPSA) is 32.3 Å². The van der Waals surface area contributed by atoms with Crippen LogP contribution in [0.25, 0.3) is 0 Å². The average molecular weight is 211 g/mol. The highest BCUT2D eigenvalue weighted by Gasteiger charge is 1.94. The van der Waals surface area contributed by atoms with Crippen LogP contribution in [-0.2, 0) is 0 Å². The summed E-state index contributed by atoms with van der Waals surface area (Å²) in [4.78, 5) is 1.30. The molecule has 0 amide bonds. The number of rotatable bonds is 6. The van der Waals surface area contributed by atoms with Crippen LogP contribution in [0.2, 0.25) is 0 Å². The fourth-order valence-electron chi connectivity index (χ4n) is 1.07. The first-order valence-electron chi connectivity index (χ1n) is 4.85. The van der Waals surface area contributed by atoms with E-state index in [1.165, 1.54) is 4.90 Å². The van der Waals surface area contributed by atoms with Gasteiger partial charge in [-0.1, -0.05) is 18.2 Å². The summed E-state index contributed by atoms with van der Waals surface area (Å²) >= 11 is 1.83. The molecule has 1 atom stereocenters. The zero-order valence-electron chi connectivity index (χ0n) is 8.44. The van der Waals surface area contributed by atoms with Gasteiger partial charge >= 0.3 is 0 Å². The molecule has 0 aliphatic carbocycles. The van der Waals surface area contributed by atoms with Gasteiger partial charge in [0.2, 0.25) is 0 Å². The van der Waals surface area contributed by atoms with E-state index in [0.717, 1.165) is 12.3 Å². The Morgan fingerprint density at radius 3 is 2.71 bits per heavy atom. The van der Waals surface area contributed by atoms with Crippen LogP contribution < -0.4 is 5.32 Å². The van der Waals surface area contributed by atoms with Crippen molar-refractivity contribution < 1.29 is 5.11 Å². The molecule has 0 saturated heterocycles. The first kappa shape index (κ1) is 11.6. The van der Waals surface area contributed by atoms with E-state index in [1.807, 2.05) is 30.0 Å². The molecule has 0 heterocycles. The predicted octanol–water partition coefficient (Wildman–Crippen LogP) is 1.75. The van der Waals surface area contributed by atoms with Gasteiger partial charge in [0.15, 0.2) is 0 Å². The van der Waals surface area contributed by atoms with E-state index in [1.54, 1.807) is 6.92 Å². The minimum Gasteiger partial charge on any atom is -0.392 e. The molecular formula is C11H17NOS. The third-order valence-corrected chi connectivity index (χ3v) is 2.74. The molecule has 1 aromatic carbocycles. The molecule has 0 spiro atoms. The fourth-order valence-corrected chi connectivity index (χ4v) is 1.90. The Kier molecular flexibility index (Phi) is 5.68. The molecule has 1 aromatic rings. The van der Waals surface area contributed by atoms with E-state index in [-0.39, 0.29) is 6.10 Å². The van der Waals surface area contributed by atoms with Crippen LogP contribution in [0.15, 0.2) is 35.2 Å². The van der Waals surface area contributed by atoms with Crippen molar-refractivity contribution in [2.45, 2.75) is 17.9 Å². The normalized spacial score (nSPS) is 12.7. The summed E-state index contributed by atoms with van der Waals surface area (Å²) < 4.78 is 0. The van der Waals surface area contributed by atoms with Gasteiger partial charge in [0.05, 0.1) is 6.10 Å². The molecule has 0 unspecified atom stereocenters. The van der Waals surface area contributed by atoms with E-state index in [2.05, 4.69) is 17.4 Å². The standard InChI is InChI=1S/C11H17NOS/c1-10(13)9-12-7-8-14-11-5-3-2-4-6-11/h2-6,10,12-13H,7-9H2,1H3/t10-/m1/s1. The van der Waals surface area contributed by atoms with Crippen LogP contribution in [-0.4, -0.2) is 30.1 Å². The first-order chi connectivity index (χ1) is 6.79. The van der Waals surface area contributed by atoms with Gasteiger partial charge in [-0.2, -0.15) is 0 Å². The summed E-state index contributed by atoms with van der Waals surface area (Å²) in [6.45, 7) is 3.40. The maximum absolute atomic E-state index is 9.00. The molecule has 0 aliphatic heterocycles. The van der Waals surface area contributed by atoms with E-state index in [9.17, 15) is 0 Å². The largest absolute Gasteiger partial charge is 0.392 e. The van der Waals surface area contributed by atoms with Crippen LogP contribution in [0.3, 0.4) is 0 Å². The second-order valence-electron chi connectivity index (χ2n) is 3.21. The summed E-state index contributed by atoms with van der Waals surface area (Å²) in [5.74, 6) is 1.04. The van der Waals surface area contributed by atoms with E-state index < -0.39 is 0 Å². The van der Waals surface area contributed by atoms with Crippen molar-refractivity contribution in [1.82, 2.24) is 5.32 Å². The minimum absolute atomic E-state index is 0.253. The van der Waals surface area contributed by atoms with Gasteiger partial charge in [-0.25, -0.2) is 0 Å². The first-order valence-corrected chi connectivity index (χ1v) is 5.84. The Morgan fingerprint density at radius 2 is 2.07 bits per heavy atom. The Hall–Kier alpha value is -0.510. The molecule has 0 aromatic heterocycles. The van der Waals surface area contributed by atoms with Crippen LogP contribution >= 0.6 is 11.8 Å². The van der Waals surface area contributed by atoms with Crippen LogP contribution in [0.5, 0.6) is 0 Å². The molecule has 2 nitrogen and oxygen atoms in total. The number of hydrogen-bond donors (Lipinski definition) is 2. The SMILES string of the molecule is C[C@@H](O)CNCCSc1ccccc1. The van der Waals surface area contributed by atoms with Gasteiger partial charge in [-0.05, 0) is 19.1 Å². The van der Waals surface area contributed by atoms with Crippen molar-refractivity contribution in [2.24, 2.45) is 0 Å². The Balaban J connectivity index is 2.05. The van der Waals surface area contributed by atoms with Gasteiger partial charge in [-0.15, -0.1) is 11.8 Å². The monoisotopic (exact) mass is 211 g/mol. The molecule has 3 heteroatoms. The summed E-state index contributed by atoms with van der Waals surface area (Å²) in [5.41, 5.74) is 0. The molecule has 0 saturated carbocycles. The smallest absolute Gasteiger partial charge is 0.0636 e. The van der Waals surface area contributed by atoms with Gasteiger partial charge in [0.1, 0.15) is 0 Å². The zero-order valence-corrected chi connectivity index (χ0v) is 9.26. The van der Waals surface area contributed by atoms with Gasteiger partial charge in [0, 0.05) is 23.7 Å². The fraction of sp³-hybridized carbons (Fsp3) is 0.455. The van der Waals surface area contributed by atoms with Gasteiger partial charge < -0.3 is 10.4 Å². The molecular weight excluding hydrogens is 194 g/mol. The summed E-state index contributed by atoms with van der Waals surface area (Å²) in [6.07, 6.45) is -0.253. The lowest BCUT2D eigenvalue weighted by Gasteiger charge is -2.06. The lowest BCUT2D eigenvalue weighted by Crippen LogP contribution is -2.26. The zero-order chi connectivity index (χ0) is 10.2. The van der Waals surface area contributed by atoms with Crippen molar-refractivity contribution in [2.75, 3.05) is 18.8 Å². The summed E-state index contributed by atoms with van der Waals surface area (Å²) in [5, 5.41) is 12.2. The van der Waals surface area contributed by atoms with Gasteiger partial charge in [-0.3, -0.25) is 0 Å². The molecule has 14 heavy (non-hydrogen) atoms. The third-order valence-electron chi connectivity index (χ3n) is 1.73. The number of thioether (sulfide) groups is 1. The number of hydrogen-bond acceptors (Lipinski definition) is 3. The Bertz CT molecular complexity index is 238. The average Bonchev–Trinajstić information content (AvgIpc) is 2.18. The minimum atomic E-state index is -0.253. The maximum Gasteiger partial charge on any atom is 0.0636 e. The lowest BCUT2D eigenvalue weighted by atomic mass is 10.4. The van der Waals surface area contributed by atoms with E-state index in [0.29, 0.717) is 6.54 Å². The van der Waals surface area contributed by atoms with Crippen molar-refractivity contribution in [3.63, 3.8) is 0 Å². The van der Waals surface area contributed by atoms with Crippen molar-refractivity contribution in [3.05, 3.63) is 30.3 Å². The number of aliphatic hydroxyl groups excluding tert-OH is 1. The second-order valence-corrected chi connectivity index (χ2v) is 4.38. The molecule has 0 radical (unpaired) electrons. The Labute approximate surface area is 89.7 Å². The molecule has 0 aliphatic rings. The number of nitrogens with one attached hydrogen (secondary N) is 1. The second kappa shape index (κ2) is 6.87. The lowest BCUT2D eigenvalue weighted by molar-refractivity contribution is 0.192. The predicted molar refractivity (Wildman–Crippen MR) is 61.7 cm³/mol. The highest BCUT2D eigenvalue weighted by molar-refractivity contribution is 7.99. The number of benzene rings is 1. The Morgan fingerprint density at radius 1 is 1.36 bits per heavy atom. The highest BCUT2D eigenvalue weighted by atomic mass is 32.2. The van der Waals surface area contributed by atoms with Crippen molar-refractivity contribution in [1.29, 1.82) is 0 Å². The third kappa shape index (κ3) is 5.27. The van der Waals surface area contributed by atoms with Gasteiger partial charge in [0.25, 0.3) is 0 Å². The van der Waals surface area contributed by atoms with Crippen LogP contribution in [0, 0.1) is 0 Å². The number of aliphatic hydroxyl groups is 1. The van der Waals surface area contributed by atoms with Crippen LogP contribution in [0.4, 0.5) is 0 Å². The van der Waals surface area contributed by atoms with Crippen molar-refractivity contribution >= 4 is 11.8 Å². The quantitative estimate of drug-likeness (QED) is 0.555. The molecule has 78 valence electrons. The van der Waals surface area contributed by atoms with E-state index in [4.69, 9.17) is 5.11 Å². The van der Waals surface area contributed by atoms with Crippen LogP contribution in [0.1, 0.15) is 6.92 Å². The molecule has 0 fully saturated rings. The molecule has 1 rings (SSSR count). The summed E-state index contributed by atoms with van der Waals surface area (Å²) in [6, 6.07) is 10.3.